The molecule has 0 spiro atoms. The van der Waals surface area contributed by atoms with Crippen LogP contribution in [0.25, 0.3) is 0 Å². The van der Waals surface area contributed by atoms with Crippen molar-refractivity contribution in [1.29, 1.82) is 0 Å². The topological polar surface area (TPSA) is 72.2 Å². The Bertz CT molecular complexity index is 429. The number of rotatable bonds is 4. The Labute approximate surface area is 96.8 Å². The number of halogens is 2. The molecule has 92 valence electrons. The molecule has 0 aliphatic carbocycles. The highest BCUT2D eigenvalue weighted by Gasteiger charge is 2.17. The first kappa shape index (κ1) is 13.1. The predicted molar refractivity (Wildman–Crippen MR) is 57.1 cm³/mol. The molecule has 6 heteroatoms. The van der Waals surface area contributed by atoms with Crippen LogP contribution in [-0.2, 0) is 4.79 Å². The van der Waals surface area contributed by atoms with E-state index < -0.39 is 29.5 Å². The number of benzene rings is 1. The molecule has 3 N–H and O–H groups in total. The first-order valence-electron chi connectivity index (χ1n) is 5.00. The van der Waals surface area contributed by atoms with Gasteiger partial charge in [0.05, 0.1) is 0 Å². The molecule has 17 heavy (non-hydrogen) atoms. The number of nitrogens with one attached hydrogen (secondary N) is 1. The number of hydrogen-bond acceptors (Lipinski definition) is 2. The van der Waals surface area contributed by atoms with E-state index in [2.05, 4.69) is 5.32 Å². The lowest BCUT2D eigenvalue weighted by atomic mass is 10.1. The van der Waals surface area contributed by atoms with Crippen molar-refractivity contribution < 1.29 is 18.4 Å². The summed E-state index contributed by atoms with van der Waals surface area (Å²) in [6.45, 7) is 1.65. The highest BCUT2D eigenvalue weighted by Crippen LogP contribution is 2.08. The zero-order chi connectivity index (χ0) is 13.0. The average molecular weight is 242 g/mol. The van der Waals surface area contributed by atoms with Crippen molar-refractivity contribution in [2.45, 2.75) is 19.4 Å². The van der Waals surface area contributed by atoms with Gasteiger partial charge in [0.25, 0.3) is 5.91 Å². The summed E-state index contributed by atoms with van der Waals surface area (Å²) < 4.78 is 25.7. The van der Waals surface area contributed by atoms with Crippen molar-refractivity contribution in [2.75, 3.05) is 0 Å². The molecule has 0 aliphatic heterocycles. The normalized spacial score (nSPS) is 11.9. The smallest absolute Gasteiger partial charge is 0.252 e. The van der Waals surface area contributed by atoms with Crippen molar-refractivity contribution in [3.8, 4) is 0 Å². The van der Waals surface area contributed by atoms with Crippen molar-refractivity contribution in [2.24, 2.45) is 5.73 Å². The maximum Gasteiger partial charge on any atom is 0.252 e. The van der Waals surface area contributed by atoms with Crippen LogP contribution in [0.5, 0.6) is 0 Å². The summed E-state index contributed by atoms with van der Waals surface area (Å²) in [5.41, 5.74) is 4.84. The van der Waals surface area contributed by atoms with E-state index in [0.717, 1.165) is 12.1 Å². The van der Waals surface area contributed by atoms with Gasteiger partial charge in [-0.25, -0.2) is 8.78 Å². The molecule has 1 aromatic rings. The fraction of sp³-hybridized carbons (Fsp3) is 0.273. The summed E-state index contributed by atoms with van der Waals surface area (Å²) in [5.74, 6) is -3.16. The minimum atomic E-state index is -0.859. The van der Waals surface area contributed by atoms with E-state index in [-0.39, 0.29) is 5.56 Å². The van der Waals surface area contributed by atoms with E-state index in [4.69, 9.17) is 5.73 Å². The molecule has 0 saturated carbocycles. The molecule has 0 aromatic heterocycles. The van der Waals surface area contributed by atoms with Crippen LogP contribution < -0.4 is 11.1 Å². The van der Waals surface area contributed by atoms with Gasteiger partial charge in [0.1, 0.15) is 17.7 Å². The van der Waals surface area contributed by atoms with E-state index in [0.29, 0.717) is 12.5 Å². The molecular weight excluding hydrogens is 230 g/mol. The first-order chi connectivity index (χ1) is 7.93. The number of carbonyl (C=O) groups is 2. The van der Waals surface area contributed by atoms with Gasteiger partial charge in [0.15, 0.2) is 0 Å². The van der Waals surface area contributed by atoms with E-state index in [1.165, 1.54) is 0 Å². The lowest BCUT2D eigenvalue weighted by Gasteiger charge is -2.13. The second-order valence-electron chi connectivity index (χ2n) is 3.49. The predicted octanol–water partition coefficient (Wildman–Crippen LogP) is 0.958. The van der Waals surface area contributed by atoms with Crippen LogP contribution in [0.3, 0.4) is 0 Å². The van der Waals surface area contributed by atoms with Crippen LogP contribution in [0.1, 0.15) is 23.7 Å². The van der Waals surface area contributed by atoms with Crippen molar-refractivity contribution >= 4 is 11.8 Å². The molecule has 2 amide bonds. The molecule has 0 unspecified atom stereocenters. The third-order valence-electron chi connectivity index (χ3n) is 2.18. The van der Waals surface area contributed by atoms with Crippen molar-refractivity contribution in [3.05, 3.63) is 35.4 Å². The molecule has 0 heterocycles. The summed E-state index contributed by atoms with van der Waals surface area (Å²) in [7, 11) is 0. The summed E-state index contributed by atoms with van der Waals surface area (Å²) >= 11 is 0. The standard InChI is InChI=1S/C11H12F2N2O2/c1-2-9(10(14)16)15-11(17)6-3-7(12)5-8(13)4-6/h3-5,9H,2H2,1H3,(H2,14,16)(H,15,17)/t9-/m1/s1. The van der Waals surface area contributed by atoms with Crippen molar-refractivity contribution in [3.63, 3.8) is 0 Å². The molecular formula is C11H12F2N2O2. The van der Waals surface area contributed by atoms with Gasteiger partial charge >= 0.3 is 0 Å². The van der Waals surface area contributed by atoms with E-state index >= 15 is 0 Å². The quantitative estimate of drug-likeness (QED) is 0.825. The lowest BCUT2D eigenvalue weighted by Crippen LogP contribution is -2.43. The summed E-state index contributed by atoms with van der Waals surface area (Å²) in [6, 6.07) is 1.56. The van der Waals surface area contributed by atoms with Gasteiger partial charge in [-0.2, -0.15) is 0 Å². The fourth-order valence-corrected chi connectivity index (χ4v) is 1.30. The summed E-state index contributed by atoms with van der Waals surface area (Å²) in [6.07, 6.45) is 0.304. The van der Waals surface area contributed by atoms with Gasteiger partial charge in [-0.1, -0.05) is 6.92 Å². The molecule has 4 nitrogen and oxygen atoms in total. The summed E-state index contributed by atoms with van der Waals surface area (Å²) in [4.78, 5) is 22.5. The largest absolute Gasteiger partial charge is 0.368 e. The van der Waals surface area contributed by atoms with Gasteiger partial charge in [-0.05, 0) is 18.6 Å². The Hall–Kier alpha value is -1.98. The number of hydrogen-bond donors (Lipinski definition) is 2. The molecule has 1 aromatic carbocycles. The number of carbonyl (C=O) groups excluding carboxylic acids is 2. The zero-order valence-electron chi connectivity index (χ0n) is 9.17. The second kappa shape index (κ2) is 5.38. The van der Waals surface area contributed by atoms with Gasteiger partial charge in [0, 0.05) is 11.6 Å². The Morgan fingerprint density at radius 3 is 2.24 bits per heavy atom. The maximum atomic E-state index is 12.9. The summed E-state index contributed by atoms with van der Waals surface area (Å²) in [5, 5.41) is 2.29. The van der Waals surface area contributed by atoms with Gasteiger partial charge in [-0.3, -0.25) is 9.59 Å². The monoisotopic (exact) mass is 242 g/mol. The van der Waals surface area contributed by atoms with E-state index in [1.54, 1.807) is 6.92 Å². The molecule has 0 radical (unpaired) electrons. The van der Waals surface area contributed by atoms with Crippen LogP contribution >= 0.6 is 0 Å². The number of primary amides is 1. The third-order valence-corrected chi connectivity index (χ3v) is 2.18. The third kappa shape index (κ3) is 3.51. The van der Waals surface area contributed by atoms with Gasteiger partial charge in [-0.15, -0.1) is 0 Å². The van der Waals surface area contributed by atoms with E-state index in [9.17, 15) is 18.4 Å². The molecule has 0 aliphatic rings. The lowest BCUT2D eigenvalue weighted by molar-refractivity contribution is -0.119. The molecule has 1 rings (SSSR count). The SMILES string of the molecule is CC[C@@H](NC(=O)c1cc(F)cc(F)c1)C(N)=O. The number of nitrogens with two attached hydrogens (primary N) is 1. The first-order valence-corrected chi connectivity index (χ1v) is 5.00. The molecule has 0 saturated heterocycles. The second-order valence-corrected chi connectivity index (χ2v) is 3.49. The maximum absolute atomic E-state index is 12.9. The van der Waals surface area contributed by atoms with Gasteiger partial charge < -0.3 is 11.1 Å². The zero-order valence-corrected chi connectivity index (χ0v) is 9.17. The molecule has 0 bridgehead atoms. The molecule has 0 fully saturated rings. The van der Waals surface area contributed by atoms with Crippen LogP contribution in [-0.4, -0.2) is 17.9 Å². The highest BCUT2D eigenvalue weighted by atomic mass is 19.1. The average Bonchev–Trinajstić information content (AvgIpc) is 2.23. The van der Waals surface area contributed by atoms with Crippen LogP contribution in [0.15, 0.2) is 18.2 Å². The fourth-order valence-electron chi connectivity index (χ4n) is 1.30. The van der Waals surface area contributed by atoms with Crippen LogP contribution in [0.2, 0.25) is 0 Å². The minimum Gasteiger partial charge on any atom is -0.368 e. The minimum absolute atomic E-state index is 0.192. The molecule has 1 atom stereocenters. The van der Waals surface area contributed by atoms with Crippen LogP contribution in [0.4, 0.5) is 8.78 Å². The van der Waals surface area contributed by atoms with Gasteiger partial charge in [0.2, 0.25) is 5.91 Å². The Morgan fingerprint density at radius 2 is 1.82 bits per heavy atom. The van der Waals surface area contributed by atoms with Crippen LogP contribution in [0, 0.1) is 11.6 Å². The number of amides is 2. The Morgan fingerprint density at radius 1 is 1.29 bits per heavy atom. The Kier molecular flexibility index (Phi) is 4.14. The van der Waals surface area contributed by atoms with Crippen molar-refractivity contribution in [1.82, 2.24) is 5.32 Å². The Balaban J connectivity index is 2.86. The van der Waals surface area contributed by atoms with E-state index in [1.807, 2.05) is 0 Å². The highest BCUT2D eigenvalue weighted by molar-refractivity contribution is 5.97.